The highest BCUT2D eigenvalue weighted by Gasteiger charge is 2.20. The van der Waals surface area contributed by atoms with E-state index in [1.54, 1.807) is 0 Å². The molecule has 0 radical (unpaired) electrons. The summed E-state index contributed by atoms with van der Waals surface area (Å²) in [5.41, 5.74) is 0. The lowest BCUT2D eigenvalue weighted by Gasteiger charge is -2.29. The lowest BCUT2D eigenvalue weighted by molar-refractivity contribution is 0.371. The Morgan fingerprint density at radius 3 is 2.58 bits per heavy atom. The number of anilines is 1. The topological polar surface area (TPSA) is 49.8 Å². The molecule has 0 saturated heterocycles. The number of benzene rings is 1. The second-order valence-electron chi connectivity index (χ2n) is 5.26. The number of aromatic nitrogens is 2. The van der Waals surface area contributed by atoms with Crippen LogP contribution in [0.15, 0.2) is 30.5 Å². The molecule has 1 aliphatic rings. The predicted octanol–water partition coefficient (Wildman–Crippen LogP) is 2.57. The van der Waals surface area contributed by atoms with Crippen molar-refractivity contribution >= 4 is 16.6 Å². The monoisotopic (exact) mass is 256 g/mol. The third-order valence-corrected chi connectivity index (χ3v) is 4.05. The van der Waals surface area contributed by atoms with E-state index in [4.69, 9.17) is 0 Å². The molecule has 4 heteroatoms. The first-order valence-electron chi connectivity index (χ1n) is 7.01. The Hall–Kier alpha value is -1.68. The van der Waals surface area contributed by atoms with E-state index in [-0.39, 0.29) is 0 Å². The summed E-state index contributed by atoms with van der Waals surface area (Å²) >= 11 is 0. The molecule has 19 heavy (non-hydrogen) atoms. The van der Waals surface area contributed by atoms with Crippen molar-refractivity contribution < 1.29 is 0 Å². The minimum absolute atomic E-state index is 0.518. The van der Waals surface area contributed by atoms with E-state index < -0.39 is 0 Å². The second-order valence-corrected chi connectivity index (χ2v) is 5.26. The summed E-state index contributed by atoms with van der Waals surface area (Å²) in [6.07, 6.45) is 6.66. The van der Waals surface area contributed by atoms with Gasteiger partial charge in [-0.25, -0.2) is 0 Å². The molecular weight excluding hydrogens is 236 g/mol. The molecule has 1 fully saturated rings. The molecule has 1 aromatic heterocycles. The third-order valence-electron chi connectivity index (χ3n) is 4.05. The van der Waals surface area contributed by atoms with Crippen molar-refractivity contribution in [3.8, 4) is 0 Å². The van der Waals surface area contributed by atoms with Crippen LogP contribution in [0.25, 0.3) is 10.8 Å². The highest BCUT2D eigenvalue weighted by atomic mass is 15.2. The van der Waals surface area contributed by atoms with Crippen LogP contribution in [0.2, 0.25) is 0 Å². The molecule has 1 aromatic carbocycles. The lowest BCUT2D eigenvalue weighted by atomic mass is 9.91. The Morgan fingerprint density at radius 1 is 1.05 bits per heavy atom. The molecule has 1 aliphatic carbocycles. The van der Waals surface area contributed by atoms with Crippen LogP contribution < -0.4 is 10.6 Å². The van der Waals surface area contributed by atoms with Crippen LogP contribution >= 0.6 is 0 Å². The van der Waals surface area contributed by atoms with Crippen molar-refractivity contribution in [3.63, 3.8) is 0 Å². The van der Waals surface area contributed by atoms with E-state index in [0.717, 1.165) is 16.6 Å². The fourth-order valence-electron chi connectivity index (χ4n) is 2.85. The maximum Gasteiger partial charge on any atom is 0.156 e. The van der Waals surface area contributed by atoms with Crippen LogP contribution in [0, 0.1) is 0 Å². The SMILES string of the molecule is CNC1CCC(Nc2nncc3ccccc23)CC1. The summed E-state index contributed by atoms with van der Waals surface area (Å²) in [5.74, 6) is 0.922. The molecule has 1 heterocycles. The highest BCUT2D eigenvalue weighted by Crippen LogP contribution is 2.25. The summed E-state index contributed by atoms with van der Waals surface area (Å²) in [6, 6.07) is 9.46. The molecule has 0 unspecified atom stereocenters. The summed E-state index contributed by atoms with van der Waals surface area (Å²) in [4.78, 5) is 0. The van der Waals surface area contributed by atoms with E-state index in [1.165, 1.54) is 25.7 Å². The van der Waals surface area contributed by atoms with Gasteiger partial charge in [-0.05, 0) is 32.7 Å². The van der Waals surface area contributed by atoms with Gasteiger partial charge in [0.25, 0.3) is 0 Å². The number of nitrogens with one attached hydrogen (secondary N) is 2. The molecule has 0 spiro atoms. The maximum atomic E-state index is 4.26. The van der Waals surface area contributed by atoms with Gasteiger partial charge in [-0.2, -0.15) is 5.10 Å². The van der Waals surface area contributed by atoms with Gasteiger partial charge in [-0.1, -0.05) is 24.3 Å². The minimum atomic E-state index is 0.518. The van der Waals surface area contributed by atoms with E-state index in [9.17, 15) is 0 Å². The molecule has 0 bridgehead atoms. The van der Waals surface area contributed by atoms with Gasteiger partial charge in [0.15, 0.2) is 5.82 Å². The zero-order chi connectivity index (χ0) is 13.1. The van der Waals surface area contributed by atoms with Gasteiger partial charge < -0.3 is 10.6 Å². The third kappa shape index (κ3) is 2.68. The summed E-state index contributed by atoms with van der Waals surface area (Å²) < 4.78 is 0. The van der Waals surface area contributed by atoms with Crippen molar-refractivity contribution in [1.29, 1.82) is 0 Å². The quantitative estimate of drug-likeness (QED) is 0.886. The molecule has 0 aliphatic heterocycles. The van der Waals surface area contributed by atoms with Crippen molar-refractivity contribution in [1.82, 2.24) is 15.5 Å². The average Bonchev–Trinajstić information content (AvgIpc) is 2.48. The summed E-state index contributed by atoms with van der Waals surface area (Å²) in [6.45, 7) is 0. The molecule has 2 N–H and O–H groups in total. The Kier molecular flexibility index (Phi) is 3.60. The molecule has 1 saturated carbocycles. The van der Waals surface area contributed by atoms with E-state index in [0.29, 0.717) is 12.1 Å². The minimum Gasteiger partial charge on any atom is -0.365 e. The fraction of sp³-hybridized carbons (Fsp3) is 0.467. The van der Waals surface area contributed by atoms with Crippen molar-refractivity contribution in [3.05, 3.63) is 30.5 Å². The Bertz CT molecular complexity index is 541. The Labute approximate surface area is 113 Å². The highest BCUT2D eigenvalue weighted by molar-refractivity contribution is 5.90. The van der Waals surface area contributed by atoms with Crippen molar-refractivity contribution in [2.45, 2.75) is 37.8 Å². The number of hydrogen-bond acceptors (Lipinski definition) is 4. The molecule has 0 amide bonds. The smallest absolute Gasteiger partial charge is 0.156 e. The van der Waals surface area contributed by atoms with Gasteiger partial charge in [0.1, 0.15) is 0 Å². The molecule has 0 atom stereocenters. The summed E-state index contributed by atoms with van der Waals surface area (Å²) in [7, 11) is 2.05. The van der Waals surface area contributed by atoms with Crippen LogP contribution in [-0.4, -0.2) is 29.3 Å². The standard InChI is InChI=1S/C15H20N4/c1-16-12-6-8-13(9-7-12)18-15-14-5-3-2-4-11(14)10-17-19-15/h2-5,10,12-13,16H,6-9H2,1H3,(H,18,19). The lowest BCUT2D eigenvalue weighted by Crippen LogP contribution is -2.35. The average molecular weight is 256 g/mol. The van der Waals surface area contributed by atoms with Gasteiger partial charge in [-0.15, -0.1) is 5.10 Å². The van der Waals surface area contributed by atoms with Crippen LogP contribution in [0.3, 0.4) is 0 Å². The fourth-order valence-corrected chi connectivity index (χ4v) is 2.85. The van der Waals surface area contributed by atoms with Crippen molar-refractivity contribution in [2.75, 3.05) is 12.4 Å². The predicted molar refractivity (Wildman–Crippen MR) is 78.3 cm³/mol. The van der Waals surface area contributed by atoms with Gasteiger partial charge in [-0.3, -0.25) is 0 Å². The summed E-state index contributed by atoms with van der Waals surface area (Å²) in [5, 5.41) is 17.6. The maximum absolute atomic E-state index is 4.26. The first kappa shape index (κ1) is 12.4. The van der Waals surface area contributed by atoms with E-state index in [1.807, 2.05) is 18.3 Å². The normalized spacial score (nSPS) is 23.4. The Balaban J connectivity index is 1.75. The van der Waals surface area contributed by atoms with E-state index in [2.05, 4.69) is 40.0 Å². The number of hydrogen-bond donors (Lipinski definition) is 2. The first-order valence-corrected chi connectivity index (χ1v) is 7.01. The van der Waals surface area contributed by atoms with Gasteiger partial charge in [0.05, 0.1) is 6.20 Å². The zero-order valence-corrected chi connectivity index (χ0v) is 11.3. The van der Waals surface area contributed by atoms with Gasteiger partial charge >= 0.3 is 0 Å². The van der Waals surface area contributed by atoms with Crippen LogP contribution in [0.1, 0.15) is 25.7 Å². The number of fused-ring (bicyclic) bond motifs is 1. The number of rotatable bonds is 3. The molecule has 3 rings (SSSR count). The van der Waals surface area contributed by atoms with Gasteiger partial charge in [0.2, 0.25) is 0 Å². The Morgan fingerprint density at radius 2 is 1.79 bits per heavy atom. The zero-order valence-electron chi connectivity index (χ0n) is 11.3. The van der Waals surface area contributed by atoms with E-state index >= 15 is 0 Å². The van der Waals surface area contributed by atoms with Crippen molar-refractivity contribution in [2.24, 2.45) is 0 Å². The second kappa shape index (κ2) is 5.53. The van der Waals surface area contributed by atoms with Crippen LogP contribution in [0.4, 0.5) is 5.82 Å². The first-order chi connectivity index (χ1) is 9.36. The molecular formula is C15H20N4. The van der Waals surface area contributed by atoms with Gasteiger partial charge in [0, 0.05) is 22.9 Å². The van der Waals surface area contributed by atoms with Crippen LogP contribution in [0.5, 0.6) is 0 Å². The number of nitrogens with zero attached hydrogens (tertiary/aromatic N) is 2. The largest absolute Gasteiger partial charge is 0.365 e. The van der Waals surface area contributed by atoms with Crippen LogP contribution in [-0.2, 0) is 0 Å². The molecule has 100 valence electrons. The molecule has 2 aromatic rings. The molecule has 4 nitrogen and oxygen atoms in total.